The minimum absolute atomic E-state index is 0.0121. The molecule has 1 fully saturated rings. The van der Waals surface area contributed by atoms with Crippen molar-refractivity contribution in [2.24, 2.45) is 4.99 Å². The summed E-state index contributed by atoms with van der Waals surface area (Å²) < 4.78 is 23.2. The van der Waals surface area contributed by atoms with Crippen molar-refractivity contribution in [3.8, 4) is 0 Å². The van der Waals surface area contributed by atoms with Gasteiger partial charge in [0.1, 0.15) is 0 Å². The molecule has 24 heavy (non-hydrogen) atoms. The van der Waals surface area contributed by atoms with E-state index in [1.807, 2.05) is 12.1 Å². The largest absolute Gasteiger partial charge is 0.352 e. The Morgan fingerprint density at radius 1 is 1.38 bits per heavy atom. The van der Waals surface area contributed by atoms with E-state index >= 15 is 0 Å². The van der Waals surface area contributed by atoms with Gasteiger partial charge in [-0.1, -0.05) is 31.2 Å². The van der Waals surface area contributed by atoms with Gasteiger partial charge >= 0.3 is 0 Å². The number of amides is 1. The number of nitrogens with zero attached hydrogens (tertiary/aromatic N) is 1. The minimum atomic E-state index is -2.94. The van der Waals surface area contributed by atoms with Crippen LogP contribution in [0.5, 0.6) is 0 Å². The van der Waals surface area contributed by atoms with Gasteiger partial charge in [-0.05, 0) is 24.6 Å². The zero-order valence-corrected chi connectivity index (χ0v) is 15.1. The second-order valence-electron chi connectivity index (χ2n) is 6.05. The number of benzene rings is 1. The lowest BCUT2D eigenvalue weighted by Crippen LogP contribution is -2.24. The molecule has 1 saturated heterocycles. The van der Waals surface area contributed by atoms with Crippen molar-refractivity contribution in [1.82, 2.24) is 5.32 Å². The molecule has 2 N–H and O–H groups in total. The quantitative estimate of drug-likeness (QED) is 0.776. The third-order valence-electron chi connectivity index (χ3n) is 4.01. The Morgan fingerprint density at radius 2 is 2.21 bits per heavy atom. The average molecular weight is 367 g/mol. The first-order valence-electron chi connectivity index (χ1n) is 8.07. The van der Waals surface area contributed by atoms with Gasteiger partial charge in [-0.2, -0.15) is 0 Å². The van der Waals surface area contributed by atoms with E-state index in [9.17, 15) is 13.2 Å². The Balaban J connectivity index is 1.63. The summed E-state index contributed by atoms with van der Waals surface area (Å²) in [6.07, 6.45) is 2.00. The molecule has 1 aromatic carbocycles. The predicted molar refractivity (Wildman–Crippen MR) is 98.6 cm³/mol. The standard InChI is InChI=1S/C16H21N3O3S2/c1-2-3-7-17-15(20)11-5-4-6-12(8-11)18-16-19-13-9-24(21,22)10-14(13)23-16/h4-6,8,13-14H,2-3,7,9-10H2,1H3,(H,17,20)(H,18,19). The number of hydrogen-bond donors (Lipinski definition) is 2. The number of nitrogens with one attached hydrogen (secondary N) is 2. The number of amidine groups is 1. The maximum atomic E-state index is 12.1. The van der Waals surface area contributed by atoms with Crippen LogP contribution in [0.25, 0.3) is 0 Å². The Hall–Kier alpha value is -1.54. The molecule has 2 atom stereocenters. The van der Waals surface area contributed by atoms with Crippen LogP contribution in [-0.4, -0.2) is 48.8 Å². The van der Waals surface area contributed by atoms with E-state index in [2.05, 4.69) is 22.5 Å². The van der Waals surface area contributed by atoms with Gasteiger partial charge in [-0.3, -0.25) is 9.79 Å². The SMILES string of the molecule is CCCCNC(=O)c1cccc(NC2=NC3CS(=O)(=O)CC3S2)c1. The molecule has 0 radical (unpaired) electrons. The van der Waals surface area contributed by atoms with E-state index in [0.717, 1.165) is 23.7 Å². The number of fused-ring (bicyclic) bond motifs is 1. The number of thioether (sulfide) groups is 1. The first kappa shape index (κ1) is 17.3. The number of unbranched alkanes of at least 4 members (excludes halogenated alkanes) is 1. The third-order valence-corrected chi connectivity index (χ3v) is 7.15. The summed E-state index contributed by atoms with van der Waals surface area (Å²) in [6.45, 7) is 2.75. The number of rotatable bonds is 5. The molecule has 2 unspecified atom stereocenters. The molecule has 130 valence electrons. The third kappa shape index (κ3) is 4.10. The maximum Gasteiger partial charge on any atom is 0.251 e. The van der Waals surface area contributed by atoms with Crippen LogP contribution in [-0.2, 0) is 9.84 Å². The molecule has 8 heteroatoms. The molecule has 0 spiro atoms. The Bertz CT molecular complexity index is 762. The van der Waals surface area contributed by atoms with E-state index in [1.165, 1.54) is 11.8 Å². The summed E-state index contributed by atoms with van der Waals surface area (Å²) in [4.78, 5) is 16.6. The van der Waals surface area contributed by atoms with Crippen molar-refractivity contribution >= 4 is 38.4 Å². The van der Waals surface area contributed by atoms with E-state index in [-0.39, 0.29) is 28.7 Å². The lowest BCUT2D eigenvalue weighted by atomic mass is 10.2. The number of aliphatic imine (C=N–C) groups is 1. The van der Waals surface area contributed by atoms with E-state index < -0.39 is 9.84 Å². The molecule has 0 bridgehead atoms. The van der Waals surface area contributed by atoms with E-state index in [4.69, 9.17) is 0 Å². The predicted octanol–water partition coefficient (Wildman–Crippen LogP) is 1.90. The molecule has 3 rings (SSSR count). The lowest BCUT2D eigenvalue weighted by molar-refractivity contribution is 0.0953. The van der Waals surface area contributed by atoms with Crippen LogP contribution in [0.1, 0.15) is 30.1 Å². The summed E-state index contributed by atoms with van der Waals surface area (Å²) in [5.74, 6) is 0.239. The molecule has 0 aliphatic carbocycles. The van der Waals surface area contributed by atoms with Gasteiger partial charge in [-0.15, -0.1) is 0 Å². The van der Waals surface area contributed by atoms with E-state index in [0.29, 0.717) is 12.1 Å². The first-order chi connectivity index (χ1) is 11.5. The van der Waals surface area contributed by atoms with Crippen molar-refractivity contribution < 1.29 is 13.2 Å². The highest BCUT2D eigenvalue weighted by Crippen LogP contribution is 2.34. The van der Waals surface area contributed by atoms with Gasteiger partial charge in [0.25, 0.3) is 5.91 Å². The Labute approximate surface area is 146 Å². The van der Waals surface area contributed by atoms with Gasteiger partial charge in [0.2, 0.25) is 0 Å². The van der Waals surface area contributed by atoms with Gasteiger partial charge < -0.3 is 10.6 Å². The van der Waals surface area contributed by atoms with Gasteiger partial charge in [0.15, 0.2) is 15.0 Å². The molecule has 2 aliphatic heterocycles. The highest BCUT2D eigenvalue weighted by atomic mass is 32.2. The Morgan fingerprint density at radius 3 is 2.96 bits per heavy atom. The number of hydrogen-bond acceptors (Lipinski definition) is 6. The molecule has 1 aromatic rings. The van der Waals surface area contributed by atoms with Gasteiger partial charge in [0.05, 0.1) is 17.5 Å². The maximum absolute atomic E-state index is 12.1. The highest BCUT2D eigenvalue weighted by Gasteiger charge is 2.42. The zero-order valence-electron chi connectivity index (χ0n) is 13.5. The number of anilines is 1. The molecule has 0 aromatic heterocycles. The van der Waals surface area contributed by atoms with Gasteiger partial charge in [0, 0.05) is 23.0 Å². The minimum Gasteiger partial charge on any atom is -0.352 e. The normalized spacial score (nSPS) is 24.3. The molecule has 0 saturated carbocycles. The van der Waals surface area contributed by atoms with Crippen LogP contribution in [0, 0.1) is 0 Å². The summed E-state index contributed by atoms with van der Waals surface area (Å²) in [6, 6.07) is 7.11. The molecule has 2 heterocycles. The number of sulfone groups is 1. The average Bonchev–Trinajstić information content (AvgIpc) is 3.00. The highest BCUT2D eigenvalue weighted by molar-refractivity contribution is 8.15. The Kier molecular flexibility index (Phi) is 5.15. The summed E-state index contributed by atoms with van der Waals surface area (Å²) in [7, 11) is -2.94. The van der Waals surface area contributed by atoms with E-state index in [1.54, 1.807) is 12.1 Å². The van der Waals surface area contributed by atoms with Crippen LogP contribution < -0.4 is 10.6 Å². The fourth-order valence-corrected chi connectivity index (χ4v) is 6.43. The van der Waals surface area contributed by atoms with Gasteiger partial charge in [-0.25, -0.2) is 8.42 Å². The molecule has 6 nitrogen and oxygen atoms in total. The van der Waals surface area contributed by atoms with Crippen molar-refractivity contribution in [3.05, 3.63) is 29.8 Å². The molecular formula is C16H21N3O3S2. The van der Waals surface area contributed by atoms with Crippen LogP contribution in [0.3, 0.4) is 0 Å². The number of carbonyl (C=O) groups is 1. The van der Waals surface area contributed by atoms with Crippen molar-refractivity contribution in [2.75, 3.05) is 23.4 Å². The van der Waals surface area contributed by atoms with Crippen LogP contribution in [0.15, 0.2) is 29.3 Å². The fraction of sp³-hybridized carbons (Fsp3) is 0.500. The molecule has 1 amide bonds. The summed E-state index contributed by atoms with van der Waals surface area (Å²) in [5, 5.41) is 6.83. The molecular weight excluding hydrogens is 346 g/mol. The summed E-state index contributed by atoms with van der Waals surface area (Å²) >= 11 is 1.47. The first-order valence-corrected chi connectivity index (χ1v) is 10.8. The van der Waals surface area contributed by atoms with Crippen molar-refractivity contribution in [1.29, 1.82) is 0 Å². The van der Waals surface area contributed by atoms with Crippen molar-refractivity contribution in [2.45, 2.75) is 31.1 Å². The fourth-order valence-electron chi connectivity index (χ4n) is 2.76. The smallest absolute Gasteiger partial charge is 0.251 e. The summed E-state index contributed by atoms with van der Waals surface area (Å²) in [5.41, 5.74) is 1.38. The van der Waals surface area contributed by atoms with Crippen LogP contribution >= 0.6 is 11.8 Å². The monoisotopic (exact) mass is 367 g/mol. The van der Waals surface area contributed by atoms with Crippen LogP contribution in [0.4, 0.5) is 5.69 Å². The lowest BCUT2D eigenvalue weighted by Gasteiger charge is -2.09. The second kappa shape index (κ2) is 7.14. The topological polar surface area (TPSA) is 87.6 Å². The second-order valence-corrected chi connectivity index (χ2v) is 9.43. The van der Waals surface area contributed by atoms with Crippen molar-refractivity contribution in [3.63, 3.8) is 0 Å². The molecule has 2 aliphatic rings. The van der Waals surface area contributed by atoms with Crippen LogP contribution in [0.2, 0.25) is 0 Å². The zero-order chi connectivity index (χ0) is 17.2. The number of carbonyl (C=O) groups excluding carboxylic acids is 1.